The number of ether oxygens (including phenoxy) is 3. The summed E-state index contributed by atoms with van der Waals surface area (Å²) in [5, 5.41) is 12.9. The number of para-hydroxylation sites is 1. The Morgan fingerprint density at radius 3 is 2.50 bits per heavy atom. The van der Waals surface area contributed by atoms with Crippen molar-refractivity contribution in [1.29, 1.82) is 0 Å². The van der Waals surface area contributed by atoms with Gasteiger partial charge in [-0.25, -0.2) is 4.68 Å². The number of nitrogens with zero attached hydrogens (tertiary/aromatic N) is 6. The predicted molar refractivity (Wildman–Crippen MR) is 128 cm³/mol. The molecule has 34 heavy (non-hydrogen) atoms. The van der Waals surface area contributed by atoms with Crippen LogP contribution < -0.4 is 14.4 Å². The molecule has 3 heterocycles. The van der Waals surface area contributed by atoms with Gasteiger partial charge in [-0.05, 0) is 53.1 Å². The van der Waals surface area contributed by atoms with Crippen LogP contribution in [0.15, 0.2) is 48.5 Å². The third-order valence-electron chi connectivity index (χ3n) is 6.73. The highest BCUT2D eigenvalue weighted by Gasteiger charge is 2.32. The number of benzene rings is 2. The van der Waals surface area contributed by atoms with Crippen molar-refractivity contribution in [1.82, 2.24) is 25.1 Å². The first-order chi connectivity index (χ1) is 16.8. The second-order valence-electron chi connectivity index (χ2n) is 8.73. The molecule has 5 rings (SSSR count). The summed E-state index contributed by atoms with van der Waals surface area (Å²) in [6.07, 6.45) is 2.28. The number of piperazine rings is 1. The first-order valence-corrected chi connectivity index (χ1v) is 11.9. The number of hydrogen-bond donors (Lipinski definition) is 0. The zero-order valence-electron chi connectivity index (χ0n) is 19.8. The number of tetrazole rings is 1. The van der Waals surface area contributed by atoms with Crippen LogP contribution >= 0.6 is 0 Å². The summed E-state index contributed by atoms with van der Waals surface area (Å²) in [6, 6.07) is 16.6. The minimum atomic E-state index is -0.103. The van der Waals surface area contributed by atoms with Crippen LogP contribution in [0.25, 0.3) is 0 Å². The second kappa shape index (κ2) is 10.4. The molecular weight excluding hydrogens is 432 g/mol. The maximum Gasteiger partial charge on any atom is 0.173 e. The molecule has 2 aliphatic rings. The van der Waals surface area contributed by atoms with Gasteiger partial charge in [0.25, 0.3) is 0 Å². The average Bonchev–Trinajstić information content (AvgIpc) is 3.58. The maximum absolute atomic E-state index is 5.87. The SMILES string of the molecule is COc1ccc([C@@H](c2nnnn2C[C@H]2CCCO2)N2CCN(c3ccccc3)CC2)cc1OC. The molecule has 9 nitrogen and oxygen atoms in total. The monoisotopic (exact) mass is 464 g/mol. The molecule has 9 heteroatoms. The molecule has 0 radical (unpaired) electrons. The van der Waals surface area contributed by atoms with Crippen LogP contribution in [0.3, 0.4) is 0 Å². The van der Waals surface area contributed by atoms with Gasteiger partial charge in [-0.3, -0.25) is 4.90 Å². The zero-order chi connectivity index (χ0) is 23.3. The quantitative estimate of drug-likeness (QED) is 0.504. The Hall–Kier alpha value is -3.17. The first-order valence-electron chi connectivity index (χ1n) is 11.9. The van der Waals surface area contributed by atoms with Crippen LogP contribution in [0.2, 0.25) is 0 Å². The number of aromatic nitrogens is 4. The van der Waals surface area contributed by atoms with Crippen LogP contribution in [0.4, 0.5) is 5.69 Å². The molecule has 0 spiro atoms. The van der Waals surface area contributed by atoms with E-state index < -0.39 is 0 Å². The Balaban J connectivity index is 1.44. The Labute approximate surface area is 200 Å². The fourth-order valence-corrected chi connectivity index (χ4v) is 4.94. The minimum Gasteiger partial charge on any atom is -0.493 e. The number of methoxy groups -OCH3 is 2. The van der Waals surface area contributed by atoms with Crippen molar-refractivity contribution in [3.05, 3.63) is 59.9 Å². The van der Waals surface area contributed by atoms with E-state index in [9.17, 15) is 0 Å². The highest BCUT2D eigenvalue weighted by Crippen LogP contribution is 2.35. The van der Waals surface area contributed by atoms with Crippen LogP contribution in [0, 0.1) is 0 Å². The molecule has 2 fully saturated rings. The van der Waals surface area contributed by atoms with Crippen LogP contribution in [-0.4, -0.2) is 78.2 Å². The molecule has 0 N–H and O–H groups in total. The summed E-state index contributed by atoms with van der Waals surface area (Å²) < 4.78 is 18.9. The van der Waals surface area contributed by atoms with Gasteiger partial charge >= 0.3 is 0 Å². The van der Waals surface area contributed by atoms with E-state index in [0.29, 0.717) is 18.0 Å². The predicted octanol–water partition coefficient (Wildman–Crippen LogP) is 2.78. The molecule has 0 amide bonds. The number of hydrogen-bond acceptors (Lipinski definition) is 8. The van der Waals surface area contributed by atoms with Gasteiger partial charge in [-0.1, -0.05) is 24.3 Å². The Morgan fingerprint density at radius 2 is 1.79 bits per heavy atom. The van der Waals surface area contributed by atoms with Crippen molar-refractivity contribution in [3.63, 3.8) is 0 Å². The molecular formula is C25H32N6O3. The summed E-state index contributed by atoms with van der Waals surface area (Å²) >= 11 is 0. The summed E-state index contributed by atoms with van der Waals surface area (Å²) in [5.74, 6) is 2.24. The Kier molecular flexibility index (Phi) is 6.92. The molecule has 180 valence electrons. The fourth-order valence-electron chi connectivity index (χ4n) is 4.94. The molecule has 3 aromatic rings. The van der Waals surface area contributed by atoms with Crippen LogP contribution in [-0.2, 0) is 11.3 Å². The molecule has 1 aromatic heterocycles. The van der Waals surface area contributed by atoms with Gasteiger partial charge < -0.3 is 19.1 Å². The summed E-state index contributed by atoms with van der Waals surface area (Å²) in [6.45, 7) is 5.11. The summed E-state index contributed by atoms with van der Waals surface area (Å²) in [5.41, 5.74) is 2.34. The van der Waals surface area contributed by atoms with Crippen molar-refractivity contribution in [2.45, 2.75) is 31.5 Å². The molecule has 2 atom stereocenters. The van der Waals surface area contributed by atoms with Gasteiger partial charge in [0.2, 0.25) is 0 Å². The van der Waals surface area contributed by atoms with Crippen molar-refractivity contribution in [2.24, 2.45) is 0 Å². The normalized spacial score (nSPS) is 19.8. The van der Waals surface area contributed by atoms with Gasteiger partial charge in [0.15, 0.2) is 17.3 Å². The topological polar surface area (TPSA) is 77.8 Å². The van der Waals surface area contributed by atoms with E-state index in [1.807, 2.05) is 16.8 Å². The molecule has 2 aromatic carbocycles. The van der Waals surface area contributed by atoms with Gasteiger partial charge in [-0.2, -0.15) is 0 Å². The number of anilines is 1. The molecule has 0 aliphatic carbocycles. The number of rotatable bonds is 8. The van der Waals surface area contributed by atoms with Gasteiger partial charge in [0.05, 0.1) is 32.9 Å². The average molecular weight is 465 g/mol. The van der Waals surface area contributed by atoms with Crippen molar-refractivity contribution >= 4 is 5.69 Å². The molecule has 2 aliphatic heterocycles. The van der Waals surface area contributed by atoms with Crippen LogP contribution in [0.1, 0.15) is 30.3 Å². The fraction of sp³-hybridized carbons (Fsp3) is 0.480. The van der Waals surface area contributed by atoms with Gasteiger partial charge in [-0.15, -0.1) is 5.10 Å². The third kappa shape index (κ3) is 4.71. The van der Waals surface area contributed by atoms with Crippen LogP contribution in [0.5, 0.6) is 11.5 Å². The lowest BCUT2D eigenvalue weighted by Crippen LogP contribution is -2.48. The Morgan fingerprint density at radius 1 is 1.00 bits per heavy atom. The third-order valence-corrected chi connectivity index (χ3v) is 6.73. The van der Waals surface area contributed by atoms with Crippen molar-refractivity contribution in [3.8, 4) is 11.5 Å². The summed E-state index contributed by atoms with van der Waals surface area (Å²) in [7, 11) is 3.32. The Bertz CT molecular complexity index is 1060. The van der Waals surface area contributed by atoms with E-state index in [0.717, 1.165) is 57.0 Å². The highest BCUT2D eigenvalue weighted by molar-refractivity contribution is 5.47. The summed E-state index contributed by atoms with van der Waals surface area (Å²) in [4.78, 5) is 4.88. The van der Waals surface area contributed by atoms with Crippen molar-refractivity contribution < 1.29 is 14.2 Å². The smallest absolute Gasteiger partial charge is 0.173 e. The van der Waals surface area contributed by atoms with E-state index in [-0.39, 0.29) is 12.1 Å². The largest absolute Gasteiger partial charge is 0.493 e. The van der Waals surface area contributed by atoms with E-state index in [2.05, 4.69) is 61.7 Å². The lowest BCUT2D eigenvalue weighted by molar-refractivity contribution is 0.0906. The molecule has 2 saturated heterocycles. The first kappa shape index (κ1) is 22.6. The van der Waals surface area contributed by atoms with E-state index >= 15 is 0 Å². The van der Waals surface area contributed by atoms with E-state index in [1.54, 1.807) is 14.2 Å². The molecule has 0 bridgehead atoms. The molecule has 0 saturated carbocycles. The van der Waals surface area contributed by atoms with Gasteiger partial charge in [0, 0.05) is 38.5 Å². The van der Waals surface area contributed by atoms with E-state index in [1.165, 1.54) is 5.69 Å². The minimum absolute atomic E-state index is 0.103. The standard InChI is InChI=1S/C25H32N6O3/c1-32-22-11-10-19(17-23(22)33-2)24(25-26-27-28-31(25)18-21-9-6-16-34-21)30-14-12-29(13-15-30)20-7-4-3-5-8-20/h3-5,7-8,10-11,17,21,24H,6,9,12-16,18H2,1-2H3/t21-,24+/m1/s1. The lowest BCUT2D eigenvalue weighted by atomic mass is 10.0. The highest BCUT2D eigenvalue weighted by atomic mass is 16.5. The maximum atomic E-state index is 5.87. The second-order valence-corrected chi connectivity index (χ2v) is 8.73. The van der Waals surface area contributed by atoms with Crippen molar-refractivity contribution in [2.75, 3.05) is 51.9 Å². The zero-order valence-corrected chi connectivity index (χ0v) is 19.8. The van der Waals surface area contributed by atoms with Gasteiger partial charge in [0.1, 0.15) is 0 Å². The molecule has 0 unspecified atom stereocenters. The lowest BCUT2D eigenvalue weighted by Gasteiger charge is -2.40. The van der Waals surface area contributed by atoms with E-state index in [4.69, 9.17) is 14.2 Å².